The quantitative estimate of drug-likeness (QED) is 0.805. The molecule has 0 bridgehead atoms. The molecule has 0 unspecified atom stereocenters. The largest absolute Gasteiger partial charge is 0.347 e. The number of halogens is 2. The lowest BCUT2D eigenvalue weighted by molar-refractivity contribution is -0.142. The lowest BCUT2D eigenvalue weighted by atomic mass is 10.1. The van der Waals surface area contributed by atoms with E-state index in [0.717, 1.165) is 4.47 Å². The van der Waals surface area contributed by atoms with Gasteiger partial charge >= 0.3 is 0 Å². The third-order valence-corrected chi connectivity index (χ3v) is 3.19. The number of aromatic amines is 1. The highest BCUT2D eigenvalue weighted by molar-refractivity contribution is 9.10. The van der Waals surface area contributed by atoms with Crippen molar-refractivity contribution < 1.29 is 13.9 Å². The Morgan fingerprint density at radius 3 is 2.60 bits per heavy atom. The number of nitrogens with one attached hydrogen (secondary N) is 1. The zero-order valence-electron chi connectivity index (χ0n) is 11.3. The lowest BCUT2D eigenvalue weighted by Crippen LogP contribution is -2.09. The van der Waals surface area contributed by atoms with Gasteiger partial charge in [0.05, 0.1) is 11.4 Å². The molecular formula is C14H16BrFN2O2. The highest BCUT2D eigenvalue weighted by Crippen LogP contribution is 2.27. The van der Waals surface area contributed by atoms with E-state index in [1.807, 2.05) is 13.8 Å². The van der Waals surface area contributed by atoms with Crippen LogP contribution in [0.25, 0.3) is 11.3 Å². The van der Waals surface area contributed by atoms with Gasteiger partial charge in [0.15, 0.2) is 6.29 Å². The number of ether oxygens (including phenoxy) is 2. The first-order valence-electron chi connectivity index (χ1n) is 6.39. The van der Waals surface area contributed by atoms with Crippen molar-refractivity contribution in [1.29, 1.82) is 0 Å². The topological polar surface area (TPSA) is 47.1 Å². The van der Waals surface area contributed by atoms with Crippen LogP contribution < -0.4 is 0 Å². The minimum absolute atomic E-state index is 0.324. The molecule has 0 atom stereocenters. The van der Waals surface area contributed by atoms with E-state index in [-0.39, 0.29) is 5.82 Å². The molecule has 4 nitrogen and oxygen atoms in total. The van der Waals surface area contributed by atoms with Gasteiger partial charge in [0.2, 0.25) is 0 Å². The first-order valence-corrected chi connectivity index (χ1v) is 7.19. The van der Waals surface area contributed by atoms with Crippen molar-refractivity contribution in [3.63, 3.8) is 0 Å². The summed E-state index contributed by atoms with van der Waals surface area (Å²) in [5.41, 5.74) is 1.61. The van der Waals surface area contributed by atoms with Crippen molar-refractivity contribution in [3.8, 4) is 11.3 Å². The number of aromatic nitrogens is 2. The summed E-state index contributed by atoms with van der Waals surface area (Å²) in [4.78, 5) is 0. The van der Waals surface area contributed by atoms with Crippen LogP contribution in [-0.4, -0.2) is 23.4 Å². The Bertz CT molecular complexity index is 568. The van der Waals surface area contributed by atoms with Crippen LogP contribution in [-0.2, 0) is 9.47 Å². The summed E-state index contributed by atoms with van der Waals surface area (Å²) >= 11 is 3.33. The van der Waals surface area contributed by atoms with Crippen LogP contribution in [0.3, 0.4) is 0 Å². The van der Waals surface area contributed by atoms with Crippen molar-refractivity contribution in [3.05, 3.63) is 40.2 Å². The molecular weight excluding hydrogens is 327 g/mol. The van der Waals surface area contributed by atoms with Gasteiger partial charge in [0, 0.05) is 23.2 Å². The zero-order chi connectivity index (χ0) is 14.5. The molecule has 1 heterocycles. The highest BCUT2D eigenvalue weighted by Gasteiger charge is 2.16. The summed E-state index contributed by atoms with van der Waals surface area (Å²) in [5, 5.41) is 6.97. The van der Waals surface area contributed by atoms with Gasteiger partial charge in [0.25, 0.3) is 0 Å². The van der Waals surface area contributed by atoms with E-state index in [2.05, 4.69) is 26.1 Å². The average molecular weight is 343 g/mol. The Balaban J connectivity index is 2.29. The number of hydrogen-bond acceptors (Lipinski definition) is 3. The van der Waals surface area contributed by atoms with E-state index in [1.54, 1.807) is 18.2 Å². The SMILES string of the molecule is CCOC(OCC)c1cc(-c2cc(Br)ccc2F)n[nH]1. The second-order valence-electron chi connectivity index (χ2n) is 4.08. The van der Waals surface area contributed by atoms with Crippen LogP contribution in [0.5, 0.6) is 0 Å². The van der Waals surface area contributed by atoms with Crippen LogP contribution in [0.2, 0.25) is 0 Å². The van der Waals surface area contributed by atoms with Gasteiger partial charge in [-0.15, -0.1) is 0 Å². The van der Waals surface area contributed by atoms with Crippen LogP contribution in [0.1, 0.15) is 25.8 Å². The number of rotatable bonds is 6. The van der Waals surface area contributed by atoms with Crippen molar-refractivity contribution in [1.82, 2.24) is 10.2 Å². The maximum Gasteiger partial charge on any atom is 0.200 e. The number of hydrogen-bond donors (Lipinski definition) is 1. The molecule has 0 saturated heterocycles. The minimum atomic E-state index is -0.513. The van der Waals surface area contributed by atoms with Gasteiger partial charge < -0.3 is 9.47 Å². The smallest absolute Gasteiger partial charge is 0.200 e. The summed E-state index contributed by atoms with van der Waals surface area (Å²) in [7, 11) is 0. The molecule has 20 heavy (non-hydrogen) atoms. The Morgan fingerprint density at radius 1 is 1.25 bits per heavy atom. The van der Waals surface area contributed by atoms with Gasteiger partial charge in [-0.3, -0.25) is 5.10 Å². The molecule has 0 aliphatic carbocycles. The molecule has 0 aliphatic rings. The fourth-order valence-corrected chi connectivity index (χ4v) is 2.18. The van der Waals surface area contributed by atoms with Crippen molar-refractivity contribution >= 4 is 15.9 Å². The molecule has 2 aromatic rings. The summed E-state index contributed by atoms with van der Waals surface area (Å²) in [6, 6.07) is 6.47. The summed E-state index contributed by atoms with van der Waals surface area (Å²) in [6.07, 6.45) is -0.513. The molecule has 0 spiro atoms. The van der Waals surface area contributed by atoms with Crippen LogP contribution in [0.4, 0.5) is 4.39 Å². The van der Waals surface area contributed by atoms with Gasteiger partial charge in [-0.25, -0.2) is 4.39 Å². The Morgan fingerprint density at radius 2 is 1.95 bits per heavy atom. The van der Waals surface area contributed by atoms with E-state index < -0.39 is 6.29 Å². The highest BCUT2D eigenvalue weighted by atomic mass is 79.9. The van der Waals surface area contributed by atoms with Gasteiger partial charge in [-0.05, 0) is 38.1 Å². The van der Waals surface area contributed by atoms with Crippen molar-refractivity contribution in [2.45, 2.75) is 20.1 Å². The van der Waals surface area contributed by atoms with Gasteiger partial charge in [-0.1, -0.05) is 15.9 Å². The number of benzene rings is 1. The molecule has 1 aromatic carbocycles. The predicted octanol–water partition coefficient (Wildman–Crippen LogP) is 4.05. The molecule has 1 N–H and O–H groups in total. The maximum atomic E-state index is 13.8. The van der Waals surface area contributed by atoms with Crippen LogP contribution in [0.15, 0.2) is 28.7 Å². The van der Waals surface area contributed by atoms with Gasteiger partial charge in [-0.2, -0.15) is 5.10 Å². The van der Waals surface area contributed by atoms with E-state index in [9.17, 15) is 4.39 Å². The third kappa shape index (κ3) is 3.45. The van der Waals surface area contributed by atoms with Gasteiger partial charge in [0.1, 0.15) is 5.82 Å². The molecule has 0 fully saturated rings. The number of H-pyrrole nitrogens is 1. The normalized spacial score (nSPS) is 11.2. The Hall–Kier alpha value is -1.24. The molecule has 0 amide bonds. The molecule has 0 aliphatic heterocycles. The molecule has 108 valence electrons. The predicted molar refractivity (Wildman–Crippen MR) is 77.7 cm³/mol. The average Bonchev–Trinajstić information content (AvgIpc) is 2.91. The van der Waals surface area contributed by atoms with E-state index in [4.69, 9.17) is 9.47 Å². The second kappa shape index (κ2) is 6.97. The monoisotopic (exact) mass is 342 g/mol. The standard InChI is InChI=1S/C14H16BrFN2O2/c1-3-19-14(20-4-2)13-8-12(17-18-13)10-7-9(15)5-6-11(10)16/h5-8,14H,3-4H2,1-2H3,(H,17,18). The van der Waals surface area contributed by atoms with E-state index in [0.29, 0.717) is 30.2 Å². The summed E-state index contributed by atoms with van der Waals surface area (Å²) < 4.78 is 25.6. The third-order valence-electron chi connectivity index (χ3n) is 2.69. The minimum Gasteiger partial charge on any atom is -0.347 e. The van der Waals surface area contributed by atoms with E-state index in [1.165, 1.54) is 6.07 Å². The molecule has 0 saturated carbocycles. The maximum absolute atomic E-state index is 13.8. The second-order valence-corrected chi connectivity index (χ2v) is 4.99. The van der Waals surface area contributed by atoms with Crippen molar-refractivity contribution in [2.75, 3.05) is 13.2 Å². The molecule has 2 rings (SSSR count). The number of nitrogens with zero attached hydrogens (tertiary/aromatic N) is 1. The fraction of sp³-hybridized carbons (Fsp3) is 0.357. The van der Waals surface area contributed by atoms with Crippen LogP contribution in [0, 0.1) is 5.82 Å². The van der Waals surface area contributed by atoms with Crippen molar-refractivity contribution in [2.24, 2.45) is 0 Å². The summed E-state index contributed by atoms with van der Waals surface area (Å²) in [5.74, 6) is -0.324. The molecule has 0 radical (unpaired) electrons. The lowest BCUT2D eigenvalue weighted by Gasteiger charge is -2.14. The molecule has 6 heteroatoms. The Kier molecular flexibility index (Phi) is 5.28. The first kappa shape index (κ1) is 15.2. The molecule has 1 aromatic heterocycles. The van der Waals surface area contributed by atoms with E-state index >= 15 is 0 Å². The summed E-state index contributed by atoms with van der Waals surface area (Å²) in [6.45, 7) is 4.81. The van der Waals surface area contributed by atoms with Crippen LogP contribution >= 0.6 is 15.9 Å². The fourth-order valence-electron chi connectivity index (χ4n) is 1.82. The first-order chi connectivity index (χ1) is 9.65. The zero-order valence-corrected chi connectivity index (χ0v) is 12.9. The Labute approximate surface area is 125 Å².